The summed E-state index contributed by atoms with van der Waals surface area (Å²) < 4.78 is 5.28. The fourth-order valence-electron chi connectivity index (χ4n) is 4.21. The van der Waals surface area contributed by atoms with Crippen LogP contribution in [0.1, 0.15) is 35.4 Å². The molecule has 1 aromatic heterocycles. The quantitative estimate of drug-likeness (QED) is 0.822. The molecule has 138 valence electrons. The lowest BCUT2D eigenvalue weighted by atomic mass is 9.93. The number of fused-ring (bicyclic) bond motifs is 4. The van der Waals surface area contributed by atoms with E-state index in [1.165, 1.54) is 5.56 Å². The Morgan fingerprint density at radius 3 is 2.62 bits per heavy atom. The van der Waals surface area contributed by atoms with Crippen molar-refractivity contribution < 1.29 is 9.32 Å². The summed E-state index contributed by atoms with van der Waals surface area (Å²) in [5, 5.41) is 4.79. The van der Waals surface area contributed by atoms with Gasteiger partial charge in [0.1, 0.15) is 5.76 Å². The van der Waals surface area contributed by atoms with Gasteiger partial charge in [-0.25, -0.2) is 0 Å². The van der Waals surface area contributed by atoms with Crippen LogP contribution in [0.2, 0.25) is 5.02 Å². The molecule has 3 saturated heterocycles. The van der Waals surface area contributed by atoms with Crippen LogP contribution in [0.4, 0.5) is 0 Å². The zero-order valence-corrected chi connectivity index (χ0v) is 16.0. The van der Waals surface area contributed by atoms with E-state index in [2.05, 4.69) is 27.1 Å². The normalized spacial score (nSPS) is 23.5. The Morgan fingerprint density at radius 2 is 1.92 bits per heavy atom. The second-order valence-electron chi connectivity index (χ2n) is 7.52. The topological polar surface area (TPSA) is 49.6 Å². The van der Waals surface area contributed by atoms with E-state index in [1.807, 2.05) is 26.0 Å². The van der Waals surface area contributed by atoms with Crippen LogP contribution < -0.4 is 0 Å². The van der Waals surface area contributed by atoms with Crippen LogP contribution in [0, 0.1) is 19.8 Å². The first kappa shape index (κ1) is 17.6. The largest absolute Gasteiger partial charge is 0.361 e. The van der Waals surface area contributed by atoms with E-state index in [9.17, 15) is 4.79 Å². The molecule has 5 nitrogen and oxygen atoms in total. The Bertz CT molecular complexity index is 782. The number of carbonyl (C=O) groups is 1. The van der Waals surface area contributed by atoms with Gasteiger partial charge in [-0.15, -0.1) is 0 Å². The van der Waals surface area contributed by atoms with E-state index in [0.717, 1.165) is 54.5 Å². The highest BCUT2D eigenvalue weighted by Crippen LogP contribution is 2.32. The van der Waals surface area contributed by atoms with Crippen LogP contribution in [0.5, 0.6) is 0 Å². The van der Waals surface area contributed by atoms with E-state index in [-0.39, 0.29) is 17.9 Å². The van der Waals surface area contributed by atoms with Gasteiger partial charge < -0.3 is 9.42 Å². The minimum absolute atomic E-state index is 0.0847. The number of nitrogens with zero attached hydrogens (tertiary/aromatic N) is 3. The molecule has 0 unspecified atom stereocenters. The Kier molecular flexibility index (Phi) is 4.76. The monoisotopic (exact) mass is 373 g/mol. The number of hydrogen-bond acceptors (Lipinski definition) is 4. The molecule has 0 radical (unpaired) electrons. The minimum atomic E-state index is 0.0847. The predicted octanol–water partition coefficient (Wildman–Crippen LogP) is 3.57. The van der Waals surface area contributed by atoms with Gasteiger partial charge in [-0.1, -0.05) is 28.9 Å². The molecular weight excluding hydrogens is 350 g/mol. The number of piperidine rings is 1. The maximum absolute atomic E-state index is 13.0. The van der Waals surface area contributed by atoms with Gasteiger partial charge in [-0.3, -0.25) is 9.69 Å². The van der Waals surface area contributed by atoms with Gasteiger partial charge in [-0.05, 0) is 44.4 Å². The molecule has 2 aromatic rings. The lowest BCUT2D eigenvalue weighted by Gasteiger charge is -2.36. The van der Waals surface area contributed by atoms with Crippen LogP contribution in [0.15, 0.2) is 28.8 Å². The number of aromatic nitrogens is 1. The SMILES string of the molecule is Cc1noc(C)c1CN1C(=O)[C@H]2CC[C@@H]1CN(Cc1ccc(Cl)cc1)C2. The van der Waals surface area contributed by atoms with Gasteiger partial charge in [0.2, 0.25) is 5.91 Å². The summed E-state index contributed by atoms with van der Waals surface area (Å²) >= 11 is 5.99. The lowest BCUT2D eigenvalue weighted by molar-refractivity contribution is -0.140. The molecule has 26 heavy (non-hydrogen) atoms. The summed E-state index contributed by atoms with van der Waals surface area (Å²) in [6.07, 6.45) is 2.05. The molecule has 3 aliphatic rings. The van der Waals surface area contributed by atoms with Gasteiger partial charge in [0, 0.05) is 36.3 Å². The summed E-state index contributed by atoms with van der Waals surface area (Å²) in [5.41, 5.74) is 3.17. The molecule has 2 atom stereocenters. The fourth-order valence-corrected chi connectivity index (χ4v) is 4.34. The summed E-state index contributed by atoms with van der Waals surface area (Å²) in [5.74, 6) is 1.18. The van der Waals surface area contributed by atoms with Crippen molar-refractivity contribution in [3.8, 4) is 0 Å². The molecule has 2 bridgehead atoms. The van der Waals surface area contributed by atoms with Gasteiger partial charge in [-0.2, -0.15) is 0 Å². The Labute approximate surface area is 158 Å². The van der Waals surface area contributed by atoms with E-state index >= 15 is 0 Å². The first-order valence-electron chi connectivity index (χ1n) is 9.20. The van der Waals surface area contributed by atoms with Crippen molar-refractivity contribution in [2.75, 3.05) is 13.1 Å². The highest BCUT2D eigenvalue weighted by Gasteiger charge is 2.41. The molecule has 6 heteroatoms. The van der Waals surface area contributed by atoms with Crippen molar-refractivity contribution >= 4 is 17.5 Å². The van der Waals surface area contributed by atoms with Crippen molar-refractivity contribution in [2.45, 2.75) is 45.8 Å². The van der Waals surface area contributed by atoms with Crippen LogP contribution in [0.25, 0.3) is 0 Å². The minimum Gasteiger partial charge on any atom is -0.361 e. The van der Waals surface area contributed by atoms with Crippen molar-refractivity contribution in [1.82, 2.24) is 15.0 Å². The fraction of sp³-hybridized carbons (Fsp3) is 0.500. The Balaban J connectivity index is 1.51. The number of rotatable bonds is 4. The summed E-state index contributed by atoms with van der Waals surface area (Å²) in [4.78, 5) is 17.5. The van der Waals surface area contributed by atoms with E-state index < -0.39 is 0 Å². The molecule has 0 saturated carbocycles. The van der Waals surface area contributed by atoms with Gasteiger partial charge in [0.05, 0.1) is 18.2 Å². The number of aryl methyl sites for hydroxylation is 2. The van der Waals surface area contributed by atoms with Gasteiger partial charge in [0.15, 0.2) is 0 Å². The lowest BCUT2D eigenvalue weighted by Crippen LogP contribution is -2.47. The highest BCUT2D eigenvalue weighted by molar-refractivity contribution is 6.30. The molecule has 1 amide bonds. The maximum Gasteiger partial charge on any atom is 0.227 e. The van der Waals surface area contributed by atoms with Crippen LogP contribution in [-0.2, 0) is 17.9 Å². The molecule has 3 aliphatic heterocycles. The number of halogens is 1. The standard InChI is InChI=1S/C20H24ClN3O2/c1-13-19(14(2)26-22-13)12-24-18-8-5-16(20(24)25)10-23(11-18)9-15-3-6-17(21)7-4-15/h3-4,6-7,16,18H,5,8-12H2,1-2H3/t16-,18+/m0/s1. The van der Waals surface area contributed by atoms with E-state index in [1.54, 1.807) is 0 Å². The highest BCUT2D eigenvalue weighted by atomic mass is 35.5. The number of hydrogen-bond donors (Lipinski definition) is 0. The molecular formula is C20H24ClN3O2. The molecule has 1 aromatic carbocycles. The summed E-state index contributed by atoms with van der Waals surface area (Å²) in [7, 11) is 0. The van der Waals surface area contributed by atoms with E-state index in [0.29, 0.717) is 6.54 Å². The molecule has 3 fully saturated rings. The maximum atomic E-state index is 13.0. The Morgan fingerprint density at radius 1 is 1.15 bits per heavy atom. The van der Waals surface area contributed by atoms with Crippen LogP contribution >= 0.6 is 11.6 Å². The second-order valence-corrected chi connectivity index (χ2v) is 7.95. The first-order valence-corrected chi connectivity index (χ1v) is 9.58. The molecule has 4 heterocycles. The number of benzene rings is 1. The smallest absolute Gasteiger partial charge is 0.227 e. The first-order chi connectivity index (χ1) is 12.5. The Hall–Kier alpha value is -1.85. The van der Waals surface area contributed by atoms with Crippen molar-refractivity contribution in [3.05, 3.63) is 51.9 Å². The number of amides is 1. The predicted molar refractivity (Wildman–Crippen MR) is 99.8 cm³/mol. The zero-order chi connectivity index (χ0) is 18.3. The average Bonchev–Trinajstić information content (AvgIpc) is 2.78. The van der Waals surface area contributed by atoms with Crippen molar-refractivity contribution in [1.29, 1.82) is 0 Å². The van der Waals surface area contributed by atoms with Crippen LogP contribution in [0.3, 0.4) is 0 Å². The third-order valence-electron chi connectivity index (χ3n) is 5.70. The third-order valence-corrected chi connectivity index (χ3v) is 5.95. The summed E-state index contributed by atoms with van der Waals surface area (Å²) in [6, 6.07) is 8.25. The average molecular weight is 374 g/mol. The molecule has 0 N–H and O–H groups in total. The van der Waals surface area contributed by atoms with Gasteiger partial charge >= 0.3 is 0 Å². The van der Waals surface area contributed by atoms with Crippen LogP contribution in [-0.4, -0.2) is 40.0 Å². The zero-order valence-electron chi connectivity index (χ0n) is 15.2. The van der Waals surface area contributed by atoms with Crippen molar-refractivity contribution in [3.63, 3.8) is 0 Å². The third kappa shape index (κ3) is 3.38. The second kappa shape index (κ2) is 7.05. The summed E-state index contributed by atoms with van der Waals surface area (Å²) in [6.45, 7) is 7.07. The number of carbonyl (C=O) groups excluding carboxylic acids is 1. The molecule has 5 rings (SSSR count). The van der Waals surface area contributed by atoms with Gasteiger partial charge in [0.25, 0.3) is 0 Å². The van der Waals surface area contributed by atoms with Crippen molar-refractivity contribution in [2.24, 2.45) is 5.92 Å². The molecule has 0 aliphatic carbocycles. The molecule has 0 spiro atoms. The van der Waals surface area contributed by atoms with E-state index in [4.69, 9.17) is 16.1 Å².